The first-order valence-electron chi connectivity index (χ1n) is 19.7. The maximum Gasteiger partial charge on any atom is 0.187 e. The second kappa shape index (κ2) is 25.8. The molecule has 3 aliphatic heterocycles. The van der Waals surface area contributed by atoms with E-state index in [1.54, 1.807) is 0 Å². The number of nitrogens with zero attached hydrogens (tertiary/aromatic N) is 2. The molecule has 0 radical (unpaired) electrons. The van der Waals surface area contributed by atoms with Gasteiger partial charge in [-0.1, -0.05) is 0 Å². The van der Waals surface area contributed by atoms with Gasteiger partial charge in [0, 0.05) is 39.3 Å². The number of hydrogen-bond donors (Lipinski definition) is 18. The Balaban J connectivity index is 1.30. The predicted molar refractivity (Wildman–Crippen MR) is 195 cm³/mol. The first-order chi connectivity index (χ1) is 27.6. The highest BCUT2D eigenvalue weighted by atomic mass is 16.7. The van der Waals surface area contributed by atoms with Crippen LogP contribution in [0, 0.1) is 0 Å². The third-order valence-corrected chi connectivity index (χ3v) is 10.7. The third-order valence-electron chi connectivity index (χ3n) is 10.7. The van der Waals surface area contributed by atoms with Crippen LogP contribution in [-0.2, 0) is 18.9 Å². The van der Waals surface area contributed by atoms with E-state index in [4.69, 9.17) is 18.9 Å². The van der Waals surface area contributed by atoms with Gasteiger partial charge in [-0.25, -0.2) is 0 Å². The van der Waals surface area contributed by atoms with Crippen molar-refractivity contribution in [3.05, 3.63) is 0 Å². The molecule has 58 heavy (non-hydrogen) atoms. The van der Waals surface area contributed by atoms with Crippen molar-refractivity contribution in [3.8, 4) is 0 Å². The minimum Gasteiger partial charge on any atom is -0.394 e. The molecule has 24 nitrogen and oxygen atoms in total. The van der Waals surface area contributed by atoms with Crippen molar-refractivity contribution in [2.75, 3.05) is 91.9 Å². The molecule has 344 valence electrons. The summed E-state index contributed by atoms with van der Waals surface area (Å²) in [5, 5.41) is 167. The monoisotopic (exact) mass is 852 g/mol. The van der Waals surface area contributed by atoms with Crippen LogP contribution < -0.4 is 10.6 Å². The molecular formula is C34H68N4O20. The van der Waals surface area contributed by atoms with Gasteiger partial charge in [0.25, 0.3) is 0 Å². The lowest BCUT2D eigenvalue weighted by Gasteiger charge is -2.42. The van der Waals surface area contributed by atoms with Gasteiger partial charge in [0.05, 0.1) is 38.6 Å². The van der Waals surface area contributed by atoms with Crippen molar-refractivity contribution in [2.45, 2.75) is 123 Å². The molecule has 24 heteroatoms. The van der Waals surface area contributed by atoms with Crippen molar-refractivity contribution in [3.63, 3.8) is 0 Å². The SMILES string of the molecule is OCC(O)C(OC1O[C@H](CO)[C@H](O)[C@H](O)[C@H]1O)C(O)C(O)CNCCCN1CCN(CCCNCC(O)C(O)C(OC2O[C@H](CO)[C@H](O)[C@H](O)[C@H]2O)C(O)CO)CC1. The Morgan fingerprint density at radius 2 is 0.845 bits per heavy atom. The number of rotatable bonds is 26. The van der Waals surface area contributed by atoms with Gasteiger partial charge < -0.3 is 121 Å². The average molecular weight is 853 g/mol. The van der Waals surface area contributed by atoms with E-state index in [1.807, 2.05) is 0 Å². The third kappa shape index (κ3) is 14.6. The fourth-order valence-corrected chi connectivity index (χ4v) is 6.95. The molecule has 18 N–H and O–H groups in total. The quantitative estimate of drug-likeness (QED) is 0.0359. The zero-order chi connectivity index (χ0) is 43.1. The molecule has 0 amide bonds. The van der Waals surface area contributed by atoms with Crippen LogP contribution in [0.15, 0.2) is 0 Å². The summed E-state index contributed by atoms with van der Waals surface area (Å²) in [7, 11) is 0. The molecule has 0 aromatic carbocycles. The molecule has 3 aliphatic rings. The Morgan fingerprint density at radius 1 is 0.500 bits per heavy atom. The van der Waals surface area contributed by atoms with E-state index in [-0.39, 0.29) is 13.1 Å². The summed E-state index contributed by atoms with van der Waals surface area (Å²) in [5.41, 5.74) is 0. The molecule has 3 rings (SSSR count). The van der Waals surface area contributed by atoms with Crippen LogP contribution in [0.1, 0.15) is 12.8 Å². The number of piperazine rings is 1. The van der Waals surface area contributed by atoms with Gasteiger partial charge >= 0.3 is 0 Å². The largest absolute Gasteiger partial charge is 0.394 e. The first kappa shape index (κ1) is 51.4. The Bertz CT molecular complexity index is 1020. The van der Waals surface area contributed by atoms with Crippen LogP contribution in [0.3, 0.4) is 0 Å². The van der Waals surface area contributed by atoms with Gasteiger partial charge in [-0.3, -0.25) is 0 Å². The predicted octanol–water partition coefficient (Wildman–Crippen LogP) is -10.9. The molecule has 0 aromatic rings. The van der Waals surface area contributed by atoms with Crippen molar-refractivity contribution in [2.24, 2.45) is 0 Å². The van der Waals surface area contributed by atoms with E-state index in [0.717, 1.165) is 39.3 Å². The molecule has 0 spiro atoms. The molecule has 0 saturated carbocycles. The van der Waals surface area contributed by atoms with Gasteiger partial charge in [-0.05, 0) is 39.0 Å². The van der Waals surface area contributed by atoms with E-state index in [9.17, 15) is 81.7 Å². The average Bonchev–Trinajstić information content (AvgIpc) is 3.23. The molecule has 0 aromatic heterocycles. The molecular weight excluding hydrogens is 784 g/mol. The summed E-state index contributed by atoms with van der Waals surface area (Å²) in [6, 6.07) is 0. The van der Waals surface area contributed by atoms with Crippen LogP contribution in [0.2, 0.25) is 0 Å². The molecule has 3 fully saturated rings. The zero-order valence-electron chi connectivity index (χ0n) is 32.4. The number of ether oxygens (including phenoxy) is 4. The van der Waals surface area contributed by atoms with Gasteiger partial charge in [0.2, 0.25) is 0 Å². The second-order valence-corrected chi connectivity index (χ2v) is 15.0. The Labute approximate surface area is 336 Å². The Hall–Kier alpha value is -0.960. The van der Waals surface area contributed by atoms with Crippen molar-refractivity contribution in [1.29, 1.82) is 0 Å². The summed E-state index contributed by atoms with van der Waals surface area (Å²) in [4.78, 5) is 4.54. The fraction of sp³-hybridized carbons (Fsp3) is 1.00. The second-order valence-electron chi connectivity index (χ2n) is 15.0. The minimum absolute atomic E-state index is 0.118. The normalized spacial score (nSPS) is 34.6. The van der Waals surface area contributed by atoms with Crippen molar-refractivity contribution < 1.29 is 101 Å². The van der Waals surface area contributed by atoms with E-state index >= 15 is 0 Å². The van der Waals surface area contributed by atoms with Crippen LogP contribution in [0.5, 0.6) is 0 Å². The molecule has 18 atom stereocenters. The summed E-state index contributed by atoms with van der Waals surface area (Å²) in [6.45, 7) is 2.20. The van der Waals surface area contributed by atoms with Crippen LogP contribution in [-0.4, -0.2) is 294 Å². The highest BCUT2D eigenvalue weighted by Gasteiger charge is 2.48. The lowest BCUT2D eigenvalue weighted by Crippen LogP contribution is -2.61. The summed E-state index contributed by atoms with van der Waals surface area (Å²) in [5.74, 6) is 0. The summed E-state index contributed by atoms with van der Waals surface area (Å²) in [6.07, 6.45) is -28.4. The number of aliphatic hydroxyl groups excluding tert-OH is 16. The lowest BCUT2D eigenvalue weighted by atomic mass is 9.98. The van der Waals surface area contributed by atoms with Crippen LogP contribution in [0.25, 0.3) is 0 Å². The number of hydrogen-bond acceptors (Lipinski definition) is 24. The Kier molecular flexibility index (Phi) is 22.9. The number of aliphatic hydroxyl groups is 16. The van der Waals surface area contributed by atoms with E-state index in [2.05, 4.69) is 20.4 Å². The summed E-state index contributed by atoms with van der Waals surface area (Å²) < 4.78 is 21.4. The molecule has 0 bridgehead atoms. The van der Waals surface area contributed by atoms with E-state index < -0.39 is 137 Å². The number of nitrogens with one attached hydrogen (secondary N) is 2. The zero-order valence-corrected chi connectivity index (χ0v) is 32.4. The highest BCUT2D eigenvalue weighted by molar-refractivity contribution is 4.93. The van der Waals surface area contributed by atoms with Gasteiger partial charge in [-0.2, -0.15) is 0 Å². The van der Waals surface area contributed by atoms with E-state index in [1.165, 1.54) is 0 Å². The van der Waals surface area contributed by atoms with Gasteiger partial charge in [0.15, 0.2) is 12.6 Å². The first-order valence-corrected chi connectivity index (χ1v) is 19.7. The maximum absolute atomic E-state index is 10.7. The molecule has 3 heterocycles. The highest BCUT2D eigenvalue weighted by Crippen LogP contribution is 2.26. The standard InChI is InChI=1S/C34H68N4O20/c39-13-19(45)31(57-33-29(53)27(51)25(49)21(15-41)55-33)23(47)17(43)11-35-3-1-5-37-7-9-38(10-8-37)6-2-4-36-12-18(44)24(48)32(20(46)14-40)58-34-30(54)28(52)26(50)22(16-42)56-34/h17-36,39-54H,1-16H2/t17?,18?,19?,20?,21-,22-,23?,24?,25+,26+,27+,28+,29-,30-,31?,32?,33?,34?/m1/s1. The van der Waals surface area contributed by atoms with Crippen LogP contribution in [0.4, 0.5) is 0 Å². The Morgan fingerprint density at radius 3 is 1.16 bits per heavy atom. The van der Waals surface area contributed by atoms with Crippen LogP contribution >= 0.6 is 0 Å². The molecule has 0 aliphatic carbocycles. The lowest BCUT2D eigenvalue weighted by molar-refractivity contribution is -0.327. The smallest absolute Gasteiger partial charge is 0.187 e. The van der Waals surface area contributed by atoms with E-state index in [0.29, 0.717) is 25.9 Å². The van der Waals surface area contributed by atoms with Crippen molar-refractivity contribution >= 4 is 0 Å². The topological polar surface area (TPSA) is 391 Å². The fourth-order valence-electron chi connectivity index (χ4n) is 6.95. The van der Waals surface area contributed by atoms with Gasteiger partial charge in [0.1, 0.15) is 85.5 Å². The minimum atomic E-state index is -1.82. The maximum atomic E-state index is 10.7. The molecule has 10 unspecified atom stereocenters. The summed E-state index contributed by atoms with van der Waals surface area (Å²) >= 11 is 0. The van der Waals surface area contributed by atoms with Gasteiger partial charge in [-0.15, -0.1) is 0 Å². The van der Waals surface area contributed by atoms with Crippen molar-refractivity contribution in [1.82, 2.24) is 20.4 Å². The molecule has 3 saturated heterocycles.